The highest BCUT2D eigenvalue weighted by Crippen LogP contribution is 2.36. The van der Waals surface area contributed by atoms with Gasteiger partial charge < -0.3 is 20.1 Å². The maximum atomic E-state index is 12.8. The molecule has 1 aliphatic carbocycles. The van der Waals surface area contributed by atoms with Crippen molar-refractivity contribution in [2.24, 2.45) is 5.92 Å². The molecule has 4 amide bonds. The van der Waals surface area contributed by atoms with Crippen LogP contribution in [-0.2, 0) is 23.9 Å². The zero-order chi connectivity index (χ0) is 24.7. The number of ether oxygens (including phenoxy) is 2. The first-order valence-electron chi connectivity index (χ1n) is 11.6. The van der Waals surface area contributed by atoms with Crippen molar-refractivity contribution < 1.29 is 33.4 Å². The Balaban J connectivity index is 1.43. The van der Waals surface area contributed by atoms with Gasteiger partial charge in [0.25, 0.3) is 11.8 Å². The van der Waals surface area contributed by atoms with E-state index in [1.807, 2.05) is 6.92 Å². The van der Waals surface area contributed by atoms with E-state index in [9.17, 15) is 24.0 Å². The second-order valence-electron chi connectivity index (χ2n) is 8.86. The van der Waals surface area contributed by atoms with Gasteiger partial charge in [0.15, 0.2) is 6.61 Å². The lowest BCUT2D eigenvalue weighted by atomic mass is 9.77. The van der Waals surface area contributed by atoms with E-state index >= 15 is 0 Å². The van der Waals surface area contributed by atoms with Crippen LogP contribution in [0.1, 0.15) is 62.7 Å². The van der Waals surface area contributed by atoms with Crippen molar-refractivity contribution in [2.45, 2.75) is 57.9 Å². The first-order valence-corrected chi connectivity index (χ1v) is 11.6. The number of benzene rings is 1. The number of hydrogen-bond donors (Lipinski definition) is 2. The summed E-state index contributed by atoms with van der Waals surface area (Å²) in [5.74, 6) is -1.82. The molecule has 1 spiro atoms. The minimum Gasteiger partial charge on any atom is -0.462 e. The molecule has 10 nitrogen and oxygen atoms in total. The molecule has 2 N–H and O–H groups in total. The normalized spacial score (nSPS) is 21.8. The van der Waals surface area contributed by atoms with Crippen molar-refractivity contribution in [3.63, 3.8) is 0 Å². The molecule has 0 unspecified atom stereocenters. The number of esters is 2. The van der Waals surface area contributed by atoms with Crippen LogP contribution in [0.15, 0.2) is 24.3 Å². The number of rotatable bonds is 9. The summed E-state index contributed by atoms with van der Waals surface area (Å²) in [6.07, 6.45) is 4.45. The second-order valence-corrected chi connectivity index (χ2v) is 8.86. The third-order valence-electron chi connectivity index (χ3n) is 6.16. The Hall–Kier alpha value is -3.43. The molecule has 1 aromatic carbocycles. The predicted molar refractivity (Wildman–Crippen MR) is 122 cm³/mol. The fourth-order valence-corrected chi connectivity index (χ4v) is 4.01. The number of hydrogen-bond acceptors (Lipinski definition) is 7. The standard InChI is InChI=1S/C24H31N3O7/c1-3-4-13-33-21(30)17-5-7-18(8-6-17)25-19(28)15-34-20(29)14-27-22(31)24(26-23(27)32)11-9-16(2)10-12-24/h5-8,16H,3-4,9-15H2,1-2H3,(H,25,28)(H,26,32). The van der Waals surface area contributed by atoms with E-state index in [2.05, 4.69) is 17.6 Å². The number of anilines is 1. The molecular weight excluding hydrogens is 442 g/mol. The molecule has 1 aromatic rings. The zero-order valence-electron chi connectivity index (χ0n) is 19.6. The summed E-state index contributed by atoms with van der Waals surface area (Å²) in [6, 6.07) is 5.50. The van der Waals surface area contributed by atoms with Crippen molar-refractivity contribution >= 4 is 35.5 Å². The lowest BCUT2D eigenvalue weighted by Crippen LogP contribution is -2.49. The number of unbranched alkanes of at least 4 members (excludes halogenated alkanes) is 1. The summed E-state index contributed by atoms with van der Waals surface area (Å²) in [4.78, 5) is 62.1. The van der Waals surface area contributed by atoms with Crippen molar-refractivity contribution in [2.75, 3.05) is 25.1 Å². The second kappa shape index (κ2) is 11.1. The van der Waals surface area contributed by atoms with Gasteiger partial charge in [0.2, 0.25) is 0 Å². The first kappa shape index (κ1) is 25.2. The Kier molecular flexibility index (Phi) is 8.25. The zero-order valence-corrected chi connectivity index (χ0v) is 19.6. The number of nitrogens with zero attached hydrogens (tertiary/aromatic N) is 1. The molecule has 34 heavy (non-hydrogen) atoms. The fraction of sp³-hybridized carbons (Fsp3) is 0.542. The highest BCUT2D eigenvalue weighted by molar-refractivity contribution is 6.08. The number of carbonyl (C=O) groups excluding carboxylic acids is 5. The van der Waals surface area contributed by atoms with Gasteiger partial charge in [-0.05, 0) is 62.3 Å². The third kappa shape index (κ3) is 6.12. The topological polar surface area (TPSA) is 131 Å². The molecule has 1 saturated carbocycles. The van der Waals surface area contributed by atoms with Gasteiger partial charge >= 0.3 is 18.0 Å². The largest absolute Gasteiger partial charge is 0.462 e. The lowest BCUT2D eigenvalue weighted by Gasteiger charge is -2.33. The van der Waals surface area contributed by atoms with Gasteiger partial charge in [0.05, 0.1) is 12.2 Å². The molecule has 2 aliphatic rings. The number of urea groups is 1. The Labute approximate surface area is 198 Å². The maximum absolute atomic E-state index is 12.8. The molecule has 0 radical (unpaired) electrons. The van der Waals surface area contributed by atoms with Crippen LogP contribution >= 0.6 is 0 Å². The van der Waals surface area contributed by atoms with Crippen LogP contribution in [0.4, 0.5) is 10.5 Å². The molecule has 10 heteroatoms. The van der Waals surface area contributed by atoms with Crippen LogP contribution in [0.3, 0.4) is 0 Å². The van der Waals surface area contributed by atoms with Crippen LogP contribution in [0, 0.1) is 5.92 Å². The molecule has 1 saturated heterocycles. The Bertz CT molecular complexity index is 936. The van der Waals surface area contributed by atoms with Crippen LogP contribution in [-0.4, -0.2) is 60.0 Å². The molecule has 1 heterocycles. The SMILES string of the molecule is CCCCOC(=O)c1ccc(NC(=O)COC(=O)CN2C(=O)NC3(CCC(C)CC3)C2=O)cc1. The van der Waals surface area contributed by atoms with Gasteiger partial charge in [-0.15, -0.1) is 0 Å². The molecular formula is C24H31N3O7. The quantitative estimate of drug-likeness (QED) is 0.320. The van der Waals surface area contributed by atoms with Gasteiger partial charge in [0, 0.05) is 5.69 Å². The van der Waals surface area contributed by atoms with Crippen LogP contribution in [0.5, 0.6) is 0 Å². The van der Waals surface area contributed by atoms with Gasteiger partial charge in [-0.3, -0.25) is 19.3 Å². The maximum Gasteiger partial charge on any atom is 0.338 e. The van der Waals surface area contributed by atoms with Crippen molar-refractivity contribution in [3.05, 3.63) is 29.8 Å². The van der Waals surface area contributed by atoms with E-state index in [-0.39, 0.29) is 0 Å². The summed E-state index contributed by atoms with van der Waals surface area (Å²) in [6.45, 7) is 3.32. The van der Waals surface area contributed by atoms with Crippen molar-refractivity contribution in [3.8, 4) is 0 Å². The van der Waals surface area contributed by atoms with Crippen LogP contribution in [0.2, 0.25) is 0 Å². The molecule has 0 aromatic heterocycles. The Morgan fingerprint density at radius 2 is 1.79 bits per heavy atom. The molecule has 0 atom stereocenters. The molecule has 184 valence electrons. The monoisotopic (exact) mass is 473 g/mol. The predicted octanol–water partition coefficient (Wildman–Crippen LogP) is 2.63. The van der Waals surface area contributed by atoms with E-state index in [4.69, 9.17) is 9.47 Å². The van der Waals surface area contributed by atoms with E-state index < -0.39 is 48.5 Å². The molecule has 1 aliphatic heterocycles. The highest BCUT2D eigenvalue weighted by Gasteiger charge is 2.52. The summed E-state index contributed by atoms with van der Waals surface area (Å²) in [5, 5.41) is 5.29. The van der Waals surface area contributed by atoms with Gasteiger partial charge in [0.1, 0.15) is 12.1 Å². The van der Waals surface area contributed by atoms with Crippen molar-refractivity contribution in [1.82, 2.24) is 10.2 Å². The summed E-state index contributed by atoms with van der Waals surface area (Å²) in [7, 11) is 0. The van der Waals surface area contributed by atoms with Gasteiger partial charge in [-0.1, -0.05) is 20.3 Å². The highest BCUT2D eigenvalue weighted by atomic mass is 16.5. The summed E-state index contributed by atoms with van der Waals surface area (Å²) < 4.78 is 10.1. The van der Waals surface area contributed by atoms with Gasteiger partial charge in [-0.25, -0.2) is 9.59 Å². The molecule has 2 fully saturated rings. The minimum absolute atomic E-state index is 0.351. The van der Waals surface area contributed by atoms with E-state index in [1.165, 1.54) is 24.3 Å². The van der Waals surface area contributed by atoms with Gasteiger partial charge in [-0.2, -0.15) is 0 Å². The van der Waals surface area contributed by atoms with Crippen LogP contribution < -0.4 is 10.6 Å². The fourth-order valence-electron chi connectivity index (χ4n) is 4.01. The van der Waals surface area contributed by atoms with E-state index in [1.54, 1.807) is 0 Å². The average Bonchev–Trinajstić information content (AvgIpc) is 3.04. The summed E-state index contributed by atoms with van der Waals surface area (Å²) in [5.41, 5.74) is -0.163. The smallest absolute Gasteiger partial charge is 0.338 e. The summed E-state index contributed by atoms with van der Waals surface area (Å²) >= 11 is 0. The number of carbonyl (C=O) groups is 5. The Morgan fingerprint density at radius 1 is 1.12 bits per heavy atom. The minimum atomic E-state index is -0.935. The van der Waals surface area contributed by atoms with Crippen molar-refractivity contribution in [1.29, 1.82) is 0 Å². The molecule has 3 rings (SSSR count). The number of imide groups is 1. The number of nitrogens with one attached hydrogen (secondary N) is 2. The first-order chi connectivity index (χ1) is 16.2. The molecule has 0 bridgehead atoms. The van der Waals surface area contributed by atoms with Crippen LogP contribution in [0.25, 0.3) is 0 Å². The lowest BCUT2D eigenvalue weighted by molar-refractivity contribution is -0.150. The number of amides is 4. The van der Waals surface area contributed by atoms with E-state index in [0.717, 1.165) is 30.6 Å². The third-order valence-corrected chi connectivity index (χ3v) is 6.16. The average molecular weight is 474 g/mol. The van der Waals surface area contributed by atoms with E-state index in [0.29, 0.717) is 36.6 Å². The Morgan fingerprint density at radius 3 is 2.44 bits per heavy atom.